The third-order valence-corrected chi connectivity index (χ3v) is 8.62. The molecule has 0 radical (unpaired) electrons. The van der Waals surface area contributed by atoms with Gasteiger partial charge in [0, 0.05) is 16.3 Å². The van der Waals surface area contributed by atoms with Gasteiger partial charge in [0.2, 0.25) is 0 Å². The Morgan fingerprint density at radius 3 is 1.59 bits per heavy atom. The summed E-state index contributed by atoms with van der Waals surface area (Å²) in [5.74, 6) is 0. The molecule has 0 saturated carbocycles. The normalized spacial score (nSPS) is 20.2. The molecule has 1 heteroatoms. The largest absolute Gasteiger partial charge is 0.455 e. The Morgan fingerprint density at radius 2 is 0.882 bits per heavy atom. The van der Waals surface area contributed by atoms with Crippen LogP contribution in [0.1, 0.15) is 41.1 Å². The number of fused-ring (bicyclic) bond motifs is 9. The van der Waals surface area contributed by atoms with Gasteiger partial charge in [0.15, 0.2) is 0 Å². The van der Waals surface area contributed by atoms with Gasteiger partial charge in [-0.25, -0.2) is 0 Å². The molecule has 0 atom stereocenters. The van der Waals surface area contributed by atoms with E-state index in [0.717, 1.165) is 0 Å². The molecule has 0 bridgehead atoms. The summed E-state index contributed by atoms with van der Waals surface area (Å²) in [5, 5.41) is -8.30. The zero-order valence-electron chi connectivity index (χ0n) is 55.4. The molecule has 236 valence electrons. The molecule has 0 unspecified atom stereocenters. The fourth-order valence-electron chi connectivity index (χ4n) is 6.52. The predicted molar refractivity (Wildman–Crippen MR) is 218 cm³/mol. The molecule has 51 heavy (non-hydrogen) atoms. The summed E-state index contributed by atoms with van der Waals surface area (Å²) in [6.45, 7) is 0. The van der Waals surface area contributed by atoms with Crippen molar-refractivity contribution < 1.29 is 45.5 Å². The minimum atomic E-state index is -1.12. The first kappa shape index (κ1) is 11.7. The van der Waals surface area contributed by atoms with E-state index in [4.69, 9.17) is 27.7 Å². The first-order valence-corrected chi connectivity index (χ1v) is 15.2. The topological polar surface area (TPSA) is 13.1 Å². The van der Waals surface area contributed by atoms with E-state index in [9.17, 15) is 17.8 Å². The molecule has 1 nitrogen and oxygen atoms in total. The molecule has 10 aromatic carbocycles. The molecular formula is C50H30O. The second kappa shape index (κ2) is 10.9. The first-order valence-electron chi connectivity index (χ1n) is 30.2. The molecule has 11 aromatic rings. The first-order chi connectivity index (χ1) is 37.8. The average Bonchev–Trinajstić information content (AvgIpc) is 4.10. The average molecular weight is 677 g/mol. The quantitative estimate of drug-likeness (QED) is 0.134. The van der Waals surface area contributed by atoms with Crippen LogP contribution in [0.5, 0.6) is 0 Å². The SMILES string of the molecule is [2H]c1c([2H])c([2H])c(-c2c([2H])c([2H])c(-c3c4c([2H])c([2H])c([2H])c([2H])c4c(-c4c([2H])c([2H])c([2H])c5c4c([2H])c([2H])c4c([2H])c([2H])c([2H])c([2H])c45)c4c([2H])c([2H])c([2H])c([2H])c34)c3c2oc2c([2H])c4c([2H])c([2H])c([2H])c([2H])c4c([2H])c23)c([2H])c1[2H]. The summed E-state index contributed by atoms with van der Waals surface area (Å²) < 4.78 is 280. The van der Waals surface area contributed by atoms with Gasteiger partial charge in [-0.1, -0.05) is 163 Å². The van der Waals surface area contributed by atoms with E-state index in [2.05, 4.69) is 0 Å². The maximum absolute atomic E-state index is 10.1. The van der Waals surface area contributed by atoms with Crippen LogP contribution < -0.4 is 0 Å². The summed E-state index contributed by atoms with van der Waals surface area (Å²) >= 11 is 0. The third kappa shape index (κ3) is 4.16. The van der Waals surface area contributed by atoms with Crippen LogP contribution in [0.4, 0.5) is 0 Å². The Kier molecular flexibility index (Phi) is 2.50. The molecule has 0 N–H and O–H groups in total. The molecule has 11 rings (SSSR count). The van der Waals surface area contributed by atoms with E-state index in [0.29, 0.717) is 0 Å². The summed E-state index contributed by atoms with van der Waals surface area (Å²) in [6.07, 6.45) is 0. The zero-order valence-corrected chi connectivity index (χ0v) is 25.4. The lowest BCUT2D eigenvalue weighted by molar-refractivity contribution is 0.670. The van der Waals surface area contributed by atoms with Crippen molar-refractivity contribution in [1.29, 1.82) is 0 Å². The Bertz CT molecular complexity index is 4820. The summed E-state index contributed by atoms with van der Waals surface area (Å²) in [7, 11) is 0. The van der Waals surface area contributed by atoms with Gasteiger partial charge in [0.05, 0.1) is 41.1 Å². The van der Waals surface area contributed by atoms with Crippen LogP contribution in [0, 0.1) is 0 Å². The summed E-state index contributed by atoms with van der Waals surface area (Å²) in [5.41, 5.74) is -6.27. The van der Waals surface area contributed by atoms with E-state index in [-0.39, 0.29) is 0 Å². The van der Waals surface area contributed by atoms with Crippen LogP contribution in [0.3, 0.4) is 0 Å². The van der Waals surface area contributed by atoms with Crippen molar-refractivity contribution in [3.8, 4) is 33.4 Å². The van der Waals surface area contributed by atoms with Gasteiger partial charge in [-0.15, -0.1) is 0 Å². The van der Waals surface area contributed by atoms with Gasteiger partial charge in [0.1, 0.15) is 11.2 Å². The van der Waals surface area contributed by atoms with E-state index in [1.807, 2.05) is 0 Å². The van der Waals surface area contributed by atoms with Crippen LogP contribution in [-0.4, -0.2) is 0 Å². The number of furan rings is 1. The van der Waals surface area contributed by atoms with E-state index >= 15 is 0 Å². The molecule has 0 fully saturated rings. The molecule has 0 aliphatic heterocycles. The minimum absolute atomic E-state index is 0.581. The highest BCUT2D eigenvalue weighted by Gasteiger charge is 2.23. The maximum Gasteiger partial charge on any atom is 0.143 e. The number of hydrogen-bond acceptors (Lipinski definition) is 1. The highest BCUT2D eigenvalue weighted by atomic mass is 16.3. The van der Waals surface area contributed by atoms with Crippen LogP contribution >= 0.6 is 0 Å². The molecule has 0 aliphatic carbocycles. The maximum atomic E-state index is 10.1. The molecule has 0 amide bonds. The van der Waals surface area contributed by atoms with E-state index in [1.165, 1.54) is 0 Å². The molecule has 0 aliphatic rings. The number of benzene rings is 10. The highest BCUT2D eigenvalue weighted by molar-refractivity contribution is 6.28. The molecule has 1 aromatic heterocycles. The van der Waals surface area contributed by atoms with Gasteiger partial charge in [-0.3, -0.25) is 0 Å². The van der Waals surface area contributed by atoms with Crippen molar-refractivity contribution in [2.24, 2.45) is 0 Å². The van der Waals surface area contributed by atoms with Crippen molar-refractivity contribution in [3.63, 3.8) is 0 Å². The Hall–Kier alpha value is -6.70. The second-order valence-electron chi connectivity index (χ2n) is 11.3. The molecule has 1 heterocycles. The zero-order chi connectivity index (χ0) is 59.6. The fourth-order valence-corrected chi connectivity index (χ4v) is 6.52. The van der Waals surface area contributed by atoms with Crippen molar-refractivity contribution >= 4 is 75.8 Å². The van der Waals surface area contributed by atoms with Crippen LogP contribution in [0.15, 0.2) is 186 Å². The summed E-state index contributed by atoms with van der Waals surface area (Å²) in [6, 6.07) is -28.8. The van der Waals surface area contributed by atoms with Crippen molar-refractivity contribution in [2.45, 2.75) is 0 Å². The van der Waals surface area contributed by atoms with Crippen LogP contribution in [-0.2, 0) is 0 Å². The van der Waals surface area contributed by atoms with E-state index < -0.39 is 290 Å². The van der Waals surface area contributed by atoms with Gasteiger partial charge >= 0.3 is 0 Å². The molecule has 0 saturated heterocycles. The van der Waals surface area contributed by atoms with Gasteiger partial charge in [0.25, 0.3) is 0 Å². The van der Waals surface area contributed by atoms with Crippen molar-refractivity contribution in [1.82, 2.24) is 0 Å². The molecule has 0 spiro atoms. The lowest BCUT2D eigenvalue weighted by Gasteiger charge is -2.20. The van der Waals surface area contributed by atoms with Gasteiger partial charge in [-0.2, -0.15) is 0 Å². The standard InChI is InChI=1S/C50H30O/c1-2-13-31(14-3-1)36-27-28-44(49-45-29-33-16-4-5-17-34(33)30-46(45)51-50(36)49)48-42-21-10-8-19-40(42)47(41-20-9-11-22-43(41)48)39-24-12-23-37-35-18-7-6-15-32(35)25-26-38(37)39/h1-30H/i1D,2D,3D,4D,5D,6D,7D,8D,9D,10D,11D,12D,13D,14D,15D,16D,17D,18D,19D,20D,21D,22D,23D,24D,25D,26D,27D,28D,29D,30D. The van der Waals surface area contributed by atoms with Crippen LogP contribution in [0.25, 0.3) is 109 Å². The minimum Gasteiger partial charge on any atom is -0.455 e. The lowest BCUT2D eigenvalue weighted by Crippen LogP contribution is -1.92. The Labute approximate surface area is 336 Å². The van der Waals surface area contributed by atoms with Gasteiger partial charge < -0.3 is 4.42 Å². The van der Waals surface area contributed by atoms with E-state index in [1.54, 1.807) is 0 Å². The second-order valence-corrected chi connectivity index (χ2v) is 11.3. The lowest BCUT2D eigenvalue weighted by atomic mass is 9.83. The van der Waals surface area contributed by atoms with Crippen LogP contribution in [0.2, 0.25) is 0 Å². The third-order valence-electron chi connectivity index (χ3n) is 8.62. The molecular weight excluding hydrogens is 617 g/mol. The number of rotatable bonds is 3. The monoisotopic (exact) mass is 676 g/mol. The van der Waals surface area contributed by atoms with Gasteiger partial charge in [-0.05, 0) is 99.8 Å². The Balaban J connectivity index is 1.53. The highest BCUT2D eigenvalue weighted by Crippen LogP contribution is 2.50. The Morgan fingerprint density at radius 1 is 0.333 bits per heavy atom. The van der Waals surface area contributed by atoms with Crippen molar-refractivity contribution in [2.75, 3.05) is 0 Å². The predicted octanol–water partition coefficient (Wildman–Crippen LogP) is 14.4. The van der Waals surface area contributed by atoms with Crippen molar-refractivity contribution in [3.05, 3.63) is 181 Å². The summed E-state index contributed by atoms with van der Waals surface area (Å²) in [4.78, 5) is 0. The smallest absolute Gasteiger partial charge is 0.143 e. The number of hydrogen-bond donors (Lipinski definition) is 0. The fraction of sp³-hybridized carbons (Fsp3) is 0.